The maximum absolute atomic E-state index is 11.8. The van der Waals surface area contributed by atoms with Crippen molar-refractivity contribution in [1.82, 2.24) is 5.32 Å². The van der Waals surface area contributed by atoms with Crippen LogP contribution in [0.5, 0.6) is 0 Å². The molecule has 0 aromatic heterocycles. The van der Waals surface area contributed by atoms with Crippen LogP contribution in [0.25, 0.3) is 0 Å². The highest BCUT2D eigenvalue weighted by Crippen LogP contribution is 2.08. The average Bonchev–Trinajstić information content (AvgIpc) is 2.46. The van der Waals surface area contributed by atoms with Crippen LogP contribution in [-0.2, 0) is 19.1 Å². The molecule has 0 heterocycles. The zero-order chi connectivity index (χ0) is 16.1. The van der Waals surface area contributed by atoms with Crippen molar-refractivity contribution in [2.24, 2.45) is 5.92 Å². The summed E-state index contributed by atoms with van der Waals surface area (Å²) in [7, 11) is 0. The lowest BCUT2D eigenvalue weighted by Crippen LogP contribution is -2.43. The second kappa shape index (κ2) is 12.6. The SMILES string of the molecule is CCCCCCNCC(C(=O)OCC)C(O)C(=O)OCC. The lowest BCUT2D eigenvalue weighted by atomic mass is 10.0. The Morgan fingerprint density at radius 2 is 1.62 bits per heavy atom. The number of esters is 2. The second-order valence-electron chi connectivity index (χ2n) is 4.82. The molecule has 2 N–H and O–H groups in total. The number of hydrogen-bond donors (Lipinski definition) is 2. The number of carbonyl (C=O) groups excluding carboxylic acids is 2. The average molecular weight is 303 g/mol. The Labute approximate surface area is 127 Å². The van der Waals surface area contributed by atoms with E-state index >= 15 is 0 Å². The summed E-state index contributed by atoms with van der Waals surface area (Å²) in [4.78, 5) is 23.4. The molecule has 0 spiro atoms. The smallest absolute Gasteiger partial charge is 0.335 e. The number of unbranched alkanes of at least 4 members (excludes halogenated alkanes) is 3. The molecule has 124 valence electrons. The topological polar surface area (TPSA) is 84.9 Å². The standard InChI is InChI=1S/C15H29NO5/c1-4-7-8-9-10-16-11-12(14(18)20-5-2)13(17)15(19)21-6-3/h12-13,16-17H,4-11H2,1-3H3. The summed E-state index contributed by atoms with van der Waals surface area (Å²) in [5.74, 6) is -2.31. The molecule has 2 atom stereocenters. The number of ether oxygens (including phenoxy) is 2. The first-order chi connectivity index (χ1) is 10.1. The molecule has 21 heavy (non-hydrogen) atoms. The fourth-order valence-electron chi connectivity index (χ4n) is 1.90. The molecule has 0 aliphatic rings. The summed E-state index contributed by atoms with van der Waals surface area (Å²) >= 11 is 0. The molecule has 0 aliphatic heterocycles. The van der Waals surface area contributed by atoms with E-state index in [0.29, 0.717) is 0 Å². The fraction of sp³-hybridized carbons (Fsp3) is 0.867. The minimum Gasteiger partial charge on any atom is -0.466 e. The van der Waals surface area contributed by atoms with E-state index in [1.807, 2.05) is 0 Å². The van der Waals surface area contributed by atoms with Crippen LogP contribution in [0.2, 0.25) is 0 Å². The number of aliphatic hydroxyl groups excluding tert-OH is 1. The van der Waals surface area contributed by atoms with E-state index < -0.39 is 24.0 Å². The first-order valence-electron chi connectivity index (χ1n) is 7.80. The monoisotopic (exact) mass is 303 g/mol. The fourth-order valence-corrected chi connectivity index (χ4v) is 1.90. The van der Waals surface area contributed by atoms with Gasteiger partial charge in [-0.05, 0) is 26.8 Å². The maximum atomic E-state index is 11.8. The zero-order valence-corrected chi connectivity index (χ0v) is 13.4. The number of nitrogens with one attached hydrogen (secondary N) is 1. The molecule has 0 saturated heterocycles. The highest BCUT2D eigenvalue weighted by molar-refractivity contribution is 5.83. The minimum atomic E-state index is -1.49. The van der Waals surface area contributed by atoms with Gasteiger partial charge in [0.05, 0.1) is 13.2 Å². The Kier molecular flexibility index (Phi) is 11.9. The van der Waals surface area contributed by atoms with E-state index in [4.69, 9.17) is 9.47 Å². The minimum absolute atomic E-state index is 0.163. The Hall–Kier alpha value is -1.14. The van der Waals surface area contributed by atoms with Crippen LogP contribution in [0.3, 0.4) is 0 Å². The molecule has 6 heteroatoms. The number of rotatable bonds is 12. The van der Waals surface area contributed by atoms with Gasteiger partial charge in [-0.25, -0.2) is 4.79 Å². The Morgan fingerprint density at radius 3 is 2.19 bits per heavy atom. The molecule has 0 amide bonds. The van der Waals surface area contributed by atoms with Gasteiger partial charge in [-0.15, -0.1) is 0 Å². The lowest BCUT2D eigenvalue weighted by Gasteiger charge is -2.20. The van der Waals surface area contributed by atoms with Crippen molar-refractivity contribution in [2.45, 2.75) is 52.6 Å². The van der Waals surface area contributed by atoms with E-state index in [1.54, 1.807) is 13.8 Å². The summed E-state index contributed by atoms with van der Waals surface area (Å²) in [6, 6.07) is 0. The van der Waals surface area contributed by atoms with E-state index in [0.717, 1.165) is 25.8 Å². The van der Waals surface area contributed by atoms with E-state index in [2.05, 4.69) is 12.2 Å². The van der Waals surface area contributed by atoms with Gasteiger partial charge in [0.1, 0.15) is 5.92 Å². The molecule has 0 bridgehead atoms. The van der Waals surface area contributed by atoms with Gasteiger partial charge in [0.15, 0.2) is 6.10 Å². The quantitative estimate of drug-likeness (QED) is 0.417. The predicted molar refractivity (Wildman–Crippen MR) is 79.8 cm³/mol. The van der Waals surface area contributed by atoms with Crippen LogP contribution in [-0.4, -0.2) is 49.5 Å². The lowest BCUT2D eigenvalue weighted by molar-refractivity contribution is -0.165. The highest BCUT2D eigenvalue weighted by atomic mass is 16.6. The van der Waals surface area contributed by atoms with Crippen molar-refractivity contribution in [3.8, 4) is 0 Å². The van der Waals surface area contributed by atoms with Gasteiger partial charge in [0.25, 0.3) is 0 Å². The Morgan fingerprint density at radius 1 is 1.00 bits per heavy atom. The van der Waals surface area contributed by atoms with Gasteiger partial charge >= 0.3 is 11.9 Å². The second-order valence-corrected chi connectivity index (χ2v) is 4.82. The molecule has 0 fully saturated rings. The normalized spacial score (nSPS) is 13.5. The third-order valence-electron chi connectivity index (χ3n) is 3.07. The van der Waals surface area contributed by atoms with Crippen molar-refractivity contribution in [3.63, 3.8) is 0 Å². The summed E-state index contributed by atoms with van der Waals surface area (Å²) in [6.45, 7) is 6.79. The molecule has 0 aromatic rings. The first kappa shape index (κ1) is 19.9. The number of hydrogen-bond acceptors (Lipinski definition) is 6. The van der Waals surface area contributed by atoms with Crippen molar-refractivity contribution < 1.29 is 24.2 Å². The van der Waals surface area contributed by atoms with Crippen LogP contribution in [0, 0.1) is 5.92 Å². The van der Waals surface area contributed by atoms with E-state index in [-0.39, 0.29) is 19.8 Å². The molecule has 0 aromatic carbocycles. The van der Waals surface area contributed by atoms with Gasteiger partial charge in [-0.1, -0.05) is 26.2 Å². The molecule has 2 unspecified atom stereocenters. The molecule has 0 saturated carbocycles. The predicted octanol–water partition coefficient (Wildman–Crippen LogP) is 1.26. The zero-order valence-electron chi connectivity index (χ0n) is 13.4. The van der Waals surface area contributed by atoms with Gasteiger partial charge in [0, 0.05) is 6.54 Å². The van der Waals surface area contributed by atoms with Crippen LogP contribution in [0.15, 0.2) is 0 Å². The summed E-state index contributed by atoms with van der Waals surface area (Å²) in [5, 5.41) is 13.0. The maximum Gasteiger partial charge on any atom is 0.335 e. The van der Waals surface area contributed by atoms with Crippen LogP contribution < -0.4 is 5.32 Å². The largest absolute Gasteiger partial charge is 0.466 e. The Bertz CT molecular complexity index is 296. The van der Waals surface area contributed by atoms with Crippen molar-refractivity contribution in [2.75, 3.05) is 26.3 Å². The molecule has 0 rings (SSSR count). The summed E-state index contributed by atoms with van der Waals surface area (Å²) < 4.78 is 9.65. The van der Waals surface area contributed by atoms with Gasteiger partial charge < -0.3 is 19.9 Å². The first-order valence-corrected chi connectivity index (χ1v) is 7.80. The summed E-state index contributed by atoms with van der Waals surface area (Å²) in [5.41, 5.74) is 0. The van der Waals surface area contributed by atoms with E-state index in [9.17, 15) is 14.7 Å². The highest BCUT2D eigenvalue weighted by Gasteiger charge is 2.34. The Balaban J connectivity index is 4.32. The van der Waals surface area contributed by atoms with Crippen molar-refractivity contribution in [3.05, 3.63) is 0 Å². The third kappa shape index (κ3) is 8.67. The van der Waals surface area contributed by atoms with Gasteiger partial charge in [-0.3, -0.25) is 4.79 Å². The van der Waals surface area contributed by atoms with Crippen LogP contribution in [0.4, 0.5) is 0 Å². The van der Waals surface area contributed by atoms with Crippen molar-refractivity contribution in [1.29, 1.82) is 0 Å². The van der Waals surface area contributed by atoms with Crippen molar-refractivity contribution >= 4 is 11.9 Å². The molecule has 0 aliphatic carbocycles. The molecule has 0 radical (unpaired) electrons. The summed E-state index contributed by atoms with van der Waals surface area (Å²) in [6.07, 6.45) is 2.96. The van der Waals surface area contributed by atoms with Crippen LogP contribution >= 0.6 is 0 Å². The number of carbonyl (C=O) groups is 2. The van der Waals surface area contributed by atoms with E-state index in [1.165, 1.54) is 6.42 Å². The molecule has 6 nitrogen and oxygen atoms in total. The molecular weight excluding hydrogens is 274 g/mol. The van der Waals surface area contributed by atoms with Gasteiger partial charge in [-0.2, -0.15) is 0 Å². The molecular formula is C15H29NO5. The van der Waals surface area contributed by atoms with Crippen LogP contribution in [0.1, 0.15) is 46.5 Å². The number of aliphatic hydroxyl groups is 1. The van der Waals surface area contributed by atoms with Gasteiger partial charge in [0.2, 0.25) is 0 Å². The third-order valence-corrected chi connectivity index (χ3v) is 3.07.